The van der Waals surface area contributed by atoms with Gasteiger partial charge in [-0.05, 0) is 12.1 Å². The van der Waals surface area contributed by atoms with Crippen LogP contribution < -0.4 is 10.6 Å². The molecule has 2 rings (SSSR count). The SMILES string of the molecule is CN(CCc1csc(N)n1)c1ccccc1. The lowest BCUT2D eigenvalue weighted by Crippen LogP contribution is -2.20. The minimum atomic E-state index is 0.650. The van der Waals surface area contributed by atoms with Crippen molar-refractivity contribution in [3.8, 4) is 0 Å². The number of likely N-dealkylation sites (N-methyl/N-ethyl adjacent to an activating group) is 1. The summed E-state index contributed by atoms with van der Waals surface area (Å²) in [6, 6.07) is 10.3. The molecule has 1 heterocycles. The van der Waals surface area contributed by atoms with Crippen LogP contribution >= 0.6 is 11.3 Å². The third-order valence-electron chi connectivity index (χ3n) is 2.47. The third-order valence-corrected chi connectivity index (χ3v) is 3.19. The molecule has 0 radical (unpaired) electrons. The van der Waals surface area contributed by atoms with Crippen molar-refractivity contribution in [1.82, 2.24) is 4.98 Å². The van der Waals surface area contributed by atoms with Gasteiger partial charge in [-0.2, -0.15) is 0 Å². The fourth-order valence-electron chi connectivity index (χ4n) is 1.53. The molecule has 0 aliphatic carbocycles. The summed E-state index contributed by atoms with van der Waals surface area (Å²) < 4.78 is 0. The second-order valence-electron chi connectivity index (χ2n) is 3.68. The minimum Gasteiger partial charge on any atom is -0.375 e. The first kappa shape index (κ1) is 11.0. The molecule has 3 nitrogen and oxygen atoms in total. The fraction of sp³-hybridized carbons (Fsp3) is 0.250. The highest BCUT2D eigenvalue weighted by Gasteiger charge is 2.02. The Morgan fingerprint density at radius 2 is 2.06 bits per heavy atom. The van der Waals surface area contributed by atoms with Gasteiger partial charge in [0.15, 0.2) is 5.13 Å². The first-order valence-electron chi connectivity index (χ1n) is 5.22. The lowest BCUT2D eigenvalue weighted by molar-refractivity contribution is 0.860. The summed E-state index contributed by atoms with van der Waals surface area (Å²) in [4.78, 5) is 6.46. The summed E-state index contributed by atoms with van der Waals surface area (Å²) in [5.74, 6) is 0. The van der Waals surface area contributed by atoms with E-state index < -0.39 is 0 Å². The van der Waals surface area contributed by atoms with E-state index in [1.165, 1.54) is 17.0 Å². The second kappa shape index (κ2) is 4.99. The Bertz CT molecular complexity index is 439. The number of hydrogen-bond donors (Lipinski definition) is 1. The van der Waals surface area contributed by atoms with Gasteiger partial charge in [0.25, 0.3) is 0 Å². The van der Waals surface area contributed by atoms with Gasteiger partial charge in [-0.25, -0.2) is 4.98 Å². The zero-order valence-corrected chi connectivity index (χ0v) is 10.1. The number of nitrogen functional groups attached to an aromatic ring is 1. The topological polar surface area (TPSA) is 42.1 Å². The maximum Gasteiger partial charge on any atom is 0.180 e. The molecule has 0 saturated carbocycles. The van der Waals surface area contributed by atoms with Crippen LogP contribution in [0.25, 0.3) is 0 Å². The second-order valence-corrected chi connectivity index (χ2v) is 4.57. The predicted octanol–water partition coefficient (Wildman–Crippen LogP) is 2.40. The molecule has 2 aromatic rings. The van der Waals surface area contributed by atoms with Gasteiger partial charge in [0.2, 0.25) is 0 Å². The van der Waals surface area contributed by atoms with Crippen molar-refractivity contribution in [2.24, 2.45) is 0 Å². The monoisotopic (exact) mass is 233 g/mol. The van der Waals surface area contributed by atoms with Crippen molar-refractivity contribution in [3.05, 3.63) is 41.4 Å². The molecule has 84 valence electrons. The number of nitrogens with zero attached hydrogens (tertiary/aromatic N) is 2. The van der Waals surface area contributed by atoms with Gasteiger partial charge in [-0.1, -0.05) is 18.2 Å². The van der Waals surface area contributed by atoms with E-state index >= 15 is 0 Å². The lowest BCUT2D eigenvalue weighted by atomic mass is 10.2. The molecule has 0 atom stereocenters. The van der Waals surface area contributed by atoms with Crippen LogP contribution in [0, 0.1) is 0 Å². The molecule has 0 aliphatic heterocycles. The molecule has 1 aromatic carbocycles. The molecule has 0 saturated heterocycles. The van der Waals surface area contributed by atoms with Crippen LogP contribution in [0.15, 0.2) is 35.7 Å². The summed E-state index contributed by atoms with van der Waals surface area (Å²) in [6.07, 6.45) is 0.930. The largest absolute Gasteiger partial charge is 0.375 e. The first-order valence-corrected chi connectivity index (χ1v) is 6.10. The molecular formula is C12H15N3S. The van der Waals surface area contributed by atoms with Crippen molar-refractivity contribution in [1.29, 1.82) is 0 Å². The number of nitrogens with two attached hydrogens (primary N) is 1. The molecule has 0 fully saturated rings. The number of para-hydroxylation sites is 1. The Hall–Kier alpha value is -1.55. The van der Waals surface area contributed by atoms with Crippen LogP contribution in [0.1, 0.15) is 5.69 Å². The lowest BCUT2D eigenvalue weighted by Gasteiger charge is -2.18. The summed E-state index contributed by atoms with van der Waals surface area (Å²) in [5, 5.41) is 2.67. The van der Waals surface area contributed by atoms with Gasteiger partial charge in [0, 0.05) is 31.1 Å². The zero-order chi connectivity index (χ0) is 11.4. The molecule has 2 N–H and O–H groups in total. The number of aromatic nitrogens is 1. The number of benzene rings is 1. The molecule has 0 bridgehead atoms. The first-order chi connectivity index (χ1) is 7.75. The summed E-state index contributed by atoms with van der Waals surface area (Å²) in [5.41, 5.74) is 7.89. The fourth-order valence-corrected chi connectivity index (χ4v) is 2.13. The van der Waals surface area contributed by atoms with E-state index in [1.54, 1.807) is 0 Å². The predicted molar refractivity (Wildman–Crippen MR) is 69.9 cm³/mol. The van der Waals surface area contributed by atoms with Crippen LogP contribution in [-0.4, -0.2) is 18.6 Å². The van der Waals surface area contributed by atoms with Gasteiger partial charge in [-0.15, -0.1) is 11.3 Å². The standard InChI is InChI=1S/C12H15N3S/c1-15(11-5-3-2-4-6-11)8-7-10-9-16-12(13)14-10/h2-6,9H,7-8H2,1H3,(H2,13,14). The Labute approximate surface area is 99.5 Å². The molecule has 1 aromatic heterocycles. The summed E-state index contributed by atoms with van der Waals surface area (Å²) >= 11 is 1.50. The summed E-state index contributed by atoms with van der Waals surface area (Å²) in [7, 11) is 2.09. The smallest absolute Gasteiger partial charge is 0.180 e. The van der Waals surface area contributed by atoms with Crippen LogP contribution in [0.2, 0.25) is 0 Å². The van der Waals surface area contributed by atoms with Crippen molar-refractivity contribution >= 4 is 22.2 Å². The van der Waals surface area contributed by atoms with Crippen LogP contribution in [0.5, 0.6) is 0 Å². The van der Waals surface area contributed by atoms with E-state index in [9.17, 15) is 0 Å². The molecular weight excluding hydrogens is 218 g/mol. The molecule has 0 unspecified atom stereocenters. The van der Waals surface area contributed by atoms with E-state index in [1.807, 2.05) is 23.6 Å². The molecule has 0 spiro atoms. The van der Waals surface area contributed by atoms with E-state index in [0.29, 0.717) is 5.13 Å². The zero-order valence-electron chi connectivity index (χ0n) is 9.26. The third kappa shape index (κ3) is 2.73. The summed E-state index contributed by atoms with van der Waals surface area (Å²) in [6.45, 7) is 0.952. The van der Waals surface area contributed by atoms with Crippen molar-refractivity contribution in [2.75, 3.05) is 24.2 Å². The van der Waals surface area contributed by atoms with Crippen molar-refractivity contribution in [2.45, 2.75) is 6.42 Å². The van der Waals surface area contributed by atoms with E-state index in [2.05, 4.69) is 29.1 Å². The maximum absolute atomic E-state index is 5.59. The Kier molecular flexibility index (Phi) is 3.41. The van der Waals surface area contributed by atoms with Gasteiger partial charge < -0.3 is 10.6 Å². The Morgan fingerprint density at radius 3 is 2.69 bits per heavy atom. The number of thiazole rings is 1. The van der Waals surface area contributed by atoms with Crippen LogP contribution in [0.3, 0.4) is 0 Å². The number of anilines is 2. The van der Waals surface area contributed by atoms with Gasteiger partial charge in [0.1, 0.15) is 0 Å². The molecule has 4 heteroatoms. The molecule has 0 amide bonds. The van der Waals surface area contributed by atoms with E-state index in [-0.39, 0.29) is 0 Å². The number of rotatable bonds is 4. The minimum absolute atomic E-state index is 0.650. The van der Waals surface area contributed by atoms with Crippen molar-refractivity contribution < 1.29 is 0 Å². The normalized spacial score (nSPS) is 10.3. The maximum atomic E-state index is 5.59. The van der Waals surface area contributed by atoms with Gasteiger partial charge in [-0.3, -0.25) is 0 Å². The number of hydrogen-bond acceptors (Lipinski definition) is 4. The van der Waals surface area contributed by atoms with E-state index in [0.717, 1.165) is 18.7 Å². The van der Waals surface area contributed by atoms with E-state index in [4.69, 9.17) is 5.73 Å². The molecule has 16 heavy (non-hydrogen) atoms. The van der Waals surface area contributed by atoms with Gasteiger partial charge >= 0.3 is 0 Å². The van der Waals surface area contributed by atoms with Gasteiger partial charge in [0.05, 0.1) is 5.69 Å². The average Bonchev–Trinajstić information content (AvgIpc) is 2.73. The highest BCUT2D eigenvalue weighted by Crippen LogP contribution is 2.14. The van der Waals surface area contributed by atoms with Crippen molar-refractivity contribution in [3.63, 3.8) is 0 Å². The highest BCUT2D eigenvalue weighted by atomic mass is 32.1. The Morgan fingerprint density at radius 1 is 1.31 bits per heavy atom. The highest BCUT2D eigenvalue weighted by molar-refractivity contribution is 7.13. The average molecular weight is 233 g/mol. The quantitative estimate of drug-likeness (QED) is 0.881. The van der Waals surface area contributed by atoms with Crippen LogP contribution in [-0.2, 0) is 6.42 Å². The van der Waals surface area contributed by atoms with Crippen LogP contribution in [0.4, 0.5) is 10.8 Å². The Balaban J connectivity index is 1.91. The molecule has 0 aliphatic rings.